The highest BCUT2D eigenvalue weighted by Gasteiger charge is 2.41. The fraction of sp³-hybridized carbons (Fsp3) is 0.667. The zero-order valence-corrected chi connectivity index (χ0v) is 11.1. The Morgan fingerprint density at radius 3 is 2.81 bits per heavy atom. The minimum absolute atomic E-state index is 0.306. The van der Waals surface area contributed by atoms with Gasteiger partial charge in [-0.25, -0.2) is 0 Å². The summed E-state index contributed by atoms with van der Waals surface area (Å²) in [5.41, 5.74) is 0.379. The lowest BCUT2D eigenvalue weighted by atomic mass is 10.0. The van der Waals surface area contributed by atoms with Crippen LogP contribution in [0.1, 0.15) is 37.1 Å². The molecule has 0 bridgehead atoms. The van der Waals surface area contributed by atoms with Crippen LogP contribution in [0.15, 0.2) is 12.1 Å². The standard InChI is InChI=1S/C12H18ClNOS/c1-9(10-2-3-11(13)16-10)14-8-12(4-5-12)6-7-15/h2-3,9,14-15H,4-8H2,1H3. The Bertz CT molecular complexity index is 349. The molecule has 0 aliphatic heterocycles. The predicted octanol–water partition coefficient (Wildman–Crippen LogP) is 3.21. The van der Waals surface area contributed by atoms with Gasteiger partial charge in [-0.05, 0) is 43.7 Å². The van der Waals surface area contributed by atoms with Crippen LogP contribution >= 0.6 is 22.9 Å². The first kappa shape index (κ1) is 12.4. The number of halogens is 1. The summed E-state index contributed by atoms with van der Waals surface area (Å²) in [6.45, 7) is 3.47. The van der Waals surface area contributed by atoms with E-state index in [4.69, 9.17) is 16.7 Å². The molecule has 2 N–H and O–H groups in total. The first-order valence-electron chi connectivity index (χ1n) is 5.75. The van der Waals surface area contributed by atoms with E-state index >= 15 is 0 Å². The van der Waals surface area contributed by atoms with Crippen molar-refractivity contribution in [3.05, 3.63) is 21.3 Å². The van der Waals surface area contributed by atoms with E-state index in [1.54, 1.807) is 11.3 Å². The molecule has 1 aromatic rings. The van der Waals surface area contributed by atoms with Crippen molar-refractivity contribution >= 4 is 22.9 Å². The molecule has 16 heavy (non-hydrogen) atoms. The highest BCUT2D eigenvalue weighted by Crippen LogP contribution is 2.48. The normalized spacial score (nSPS) is 19.7. The molecule has 4 heteroatoms. The van der Waals surface area contributed by atoms with Crippen molar-refractivity contribution in [2.75, 3.05) is 13.2 Å². The highest BCUT2D eigenvalue weighted by molar-refractivity contribution is 7.16. The first-order chi connectivity index (χ1) is 7.65. The molecule has 0 spiro atoms. The van der Waals surface area contributed by atoms with Crippen LogP contribution in [0.5, 0.6) is 0 Å². The summed E-state index contributed by atoms with van der Waals surface area (Å²) >= 11 is 7.55. The monoisotopic (exact) mass is 259 g/mol. The molecular weight excluding hydrogens is 242 g/mol. The third-order valence-electron chi connectivity index (χ3n) is 3.40. The van der Waals surface area contributed by atoms with E-state index in [0.717, 1.165) is 17.3 Å². The number of rotatable bonds is 6. The van der Waals surface area contributed by atoms with E-state index in [1.807, 2.05) is 6.07 Å². The van der Waals surface area contributed by atoms with Crippen LogP contribution in [0.25, 0.3) is 0 Å². The van der Waals surface area contributed by atoms with Gasteiger partial charge >= 0.3 is 0 Å². The lowest BCUT2D eigenvalue weighted by Gasteiger charge is -2.18. The van der Waals surface area contributed by atoms with Gasteiger partial charge in [0.15, 0.2) is 0 Å². The average molecular weight is 260 g/mol. The zero-order chi connectivity index (χ0) is 11.6. The molecule has 0 radical (unpaired) electrons. The molecule has 2 rings (SSSR count). The summed E-state index contributed by atoms with van der Waals surface area (Å²) < 4.78 is 0.847. The van der Waals surface area contributed by atoms with Gasteiger partial charge in [-0.3, -0.25) is 0 Å². The van der Waals surface area contributed by atoms with Gasteiger partial charge in [0.2, 0.25) is 0 Å². The van der Waals surface area contributed by atoms with Crippen LogP contribution in [0.4, 0.5) is 0 Å². The molecule has 1 heterocycles. The van der Waals surface area contributed by atoms with Crippen LogP contribution in [-0.4, -0.2) is 18.3 Å². The molecule has 0 saturated heterocycles. The second-order valence-electron chi connectivity index (χ2n) is 4.72. The lowest BCUT2D eigenvalue weighted by Crippen LogP contribution is -2.27. The number of thiophene rings is 1. The Morgan fingerprint density at radius 1 is 1.56 bits per heavy atom. The van der Waals surface area contributed by atoms with Crippen molar-refractivity contribution in [2.45, 2.75) is 32.2 Å². The van der Waals surface area contributed by atoms with Gasteiger partial charge in [0.05, 0.1) is 4.34 Å². The van der Waals surface area contributed by atoms with Gasteiger partial charge in [-0.1, -0.05) is 11.6 Å². The molecule has 1 unspecified atom stereocenters. The van der Waals surface area contributed by atoms with Gasteiger partial charge in [0.25, 0.3) is 0 Å². The fourth-order valence-corrected chi connectivity index (χ4v) is 3.05. The van der Waals surface area contributed by atoms with E-state index in [1.165, 1.54) is 17.7 Å². The second-order valence-corrected chi connectivity index (χ2v) is 6.46. The average Bonchev–Trinajstić information content (AvgIpc) is 2.89. The lowest BCUT2D eigenvalue weighted by molar-refractivity contribution is 0.243. The molecule has 1 aliphatic carbocycles. The minimum atomic E-state index is 0.306. The van der Waals surface area contributed by atoms with Crippen LogP contribution in [0, 0.1) is 5.41 Å². The Hall–Kier alpha value is -0.0900. The van der Waals surface area contributed by atoms with E-state index in [-0.39, 0.29) is 0 Å². The summed E-state index contributed by atoms with van der Waals surface area (Å²) in [6, 6.07) is 4.38. The molecule has 90 valence electrons. The van der Waals surface area contributed by atoms with E-state index in [9.17, 15) is 0 Å². The molecule has 0 aromatic carbocycles. The number of hydrogen-bond donors (Lipinski definition) is 2. The summed E-state index contributed by atoms with van der Waals surface area (Å²) in [4.78, 5) is 1.28. The number of aliphatic hydroxyl groups excluding tert-OH is 1. The van der Waals surface area contributed by atoms with Crippen molar-refractivity contribution in [3.8, 4) is 0 Å². The van der Waals surface area contributed by atoms with Gasteiger partial charge in [0, 0.05) is 24.1 Å². The molecule has 2 nitrogen and oxygen atoms in total. The maximum absolute atomic E-state index is 8.98. The maximum atomic E-state index is 8.98. The summed E-state index contributed by atoms with van der Waals surface area (Å²) in [5, 5.41) is 12.5. The number of hydrogen-bond acceptors (Lipinski definition) is 3. The van der Waals surface area contributed by atoms with Crippen molar-refractivity contribution in [3.63, 3.8) is 0 Å². The van der Waals surface area contributed by atoms with Gasteiger partial charge in [-0.15, -0.1) is 11.3 Å². The topological polar surface area (TPSA) is 32.3 Å². The van der Waals surface area contributed by atoms with Crippen LogP contribution in [-0.2, 0) is 0 Å². The van der Waals surface area contributed by atoms with Crippen LogP contribution in [0.3, 0.4) is 0 Å². The molecule has 1 fully saturated rings. The van der Waals surface area contributed by atoms with E-state index in [0.29, 0.717) is 18.1 Å². The second kappa shape index (κ2) is 5.05. The molecule has 1 saturated carbocycles. The van der Waals surface area contributed by atoms with Crippen LogP contribution < -0.4 is 5.32 Å². The van der Waals surface area contributed by atoms with Gasteiger partial charge in [-0.2, -0.15) is 0 Å². The Balaban J connectivity index is 1.82. The first-order valence-corrected chi connectivity index (χ1v) is 6.94. The molecule has 1 atom stereocenters. The Kier molecular flexibility index (Phi) is 3.90. The number of nitrogens with one attached hydrogen (secondary N) is 1. The highest BCUT2D eigenvalue weighted by atomic mass is 35.5. The molecular formula is C12H18ClNOS. The van der Waals surface area contributed by atoms with E-state index in [2.05, 4.69) is 18.3 Å². The molecule has 1 aromatic heterocycles. The van der Waals surface area contributed by atoms with Crippen molar-refractivity contribution in [1.82, 2.24) is 5.32 Å². The summed E-state index contributed by atoms with van der Waals surface area (Å²) in [5.74, 6) is 0. The van der Waals surface area contributed by atoms with Gasteiger partial charge < -0.3 is 10.4 Å². The maximum Gasteiger partial charge on any atom is 0.0931 e. The predicted molar refractivity (Wildman–Crippen MR) is 69.1 cm³/mol. The Morgan fingerprint density at radius 2 is 2.31 bits per heavy atom. The number of aliphatic hydroxyl groups is 1. The fourth-order valence-electron chi connectivity index (χ4n) is 1.96. The summed E-state index contributed by atoms with van der Waals surface area (Å²) in [6.07, 6.45) is 3.43. The Labute approximate surface area is 106 Å². The summed E-state index contributed by atoms with van der Waals surface area (Å²) in [7, 11) is 0. The van der Waals surface area contributed by atoms with Gasteiger partial charge in [0.1, 0.15) is 0 Å². The zero-order valence-electron chi connectivity index (χ0n) is 9.50. The smallest absolute Gasteiger partial charge is 0.0931 e. The quantitative estimate of drug-likeness (QED) is 0.822. The third kappa shape index (κ3) is 2.98. The van der Waals surface area contributed by atoms with E-state index < -0.39 is 0 Å². The van der Waals surface area contributed by atoms with Crippen molar-refractivity contribution < 1.29 is 5.11 Å². The third-order valence-corrected chi connectivity index (χ3v) is 4.82. The molecule has 1 aliphatic rings. The molecule has 0 amide bonds. The minimum Gasteiger partial charge on any atom is -0.396 e. The van der Waals surface area contributed by atoms with Crippen LogP contribution in [0.2, 0.25) is 4.34 Å². The SMILES string of the molecule is CC(NCC1(CCO)CC1)c1ccc(Cl)s1. The van der Waals surface area contributed by atoms with Crippen molar-refractivity contribution in [1.29, 1.82) is 0 Å². The van der Waals surface area contributed by atoms with Crippen molar-refractivity contribution in [2.24, 2.45) is 5.41 Å². The largest absolute Gasteiger partial charge is 0.396 e.